The number of rotatable bonds is 2. The lowest BCUT2D eigenvalue weighted by Crippen LogP contribution is -2.51. The van der Waals surface area contributed by atoms with Gasteiger partial charge < -0.3 is 4.74 Å². The van der Waals surface area contributed by atoms with Crippen LogP contribution in [0.25, 0.3) is 0 Å². The summed E-state index contributed by atoms with van der Waals surface area (Å²) < 4.78 is 5.62. The second-order valence-electron chi connectivity index (χ2n) is 10.0. The molecule has 0 amide bonds. The van der Waals surface area contributed by atoms with Gasteiger partial charge in [0.2, 0.25) is 0 Å². The van der Waals surface area contributed by atoms with Gasteiger partial charge in [0.25, 0.3) is 0 Å². The zero-order valence-electron chi connectivity index (χ0n) is 16.8. The van der Waals surface area contributed by atoms with Crippen molar-refractivity contribution in [3.8, 4) is 0 Å². The van der Waals surface area contributed by atoms with E-state index < -0.39 is 0 Å². The number of ketones is 1. The lowest BCUT2D eigenvalue weighted by atomic mass is 9.46. The molecule has 0 aliphatic heterocycles. The van der Waals surface area contributed by atoms with Crippen molar-refractivity contribution in [2.24, 2.45) is 34.5 Å². The quantitative estimate of drug-likeness (QED) is 0.646. The number of hydrogen-bond acceptors (Lipinski definition) is 3. The molecule has 4 aliphatic carbocycles. The molecule has 0 saturated heterocycles. The molecule has 0 aromatic carbocycles. The summed E-state index contributed by atoms with van der Waals surface area (Å²) in [5.41, 5.74) is 2.00. The number of carbonyl (C=O) groups excluding carboxylic acids is 2. The maximum Gasteiger partial charge on any atom is 0.302 e. The summed E-state index contributed by atoms with van der Waals surface area (Å²) in [5.74, 6) is 2.95. The molecule has 0 unspecified atom stereocenters. The van der Waals surface area contributed by atoms with Gasteiger partial charge in [-0.1, -0.05) is 19.4 Å². The maximum absolute atomic E-state index is 11.9. The third-order valence-corrected chi connectivity index (χ3v) is 8.95. The summed E-state index contributed by atoms with van der Waals surface area (Å²) in [6, 6.07) is 0. The first-order chi connectivity index (χ1) is 12.3. The first-order valence-electron chi connectivity index (χ1n) is 10.7. The van der Waals surface area contributed by atoms with E-state index >= 15 is 0 Å². The highest BCUT2D eigenvalue weighted by Gasteiger charge is 2.59. The summed E-state index contributed by atoms with van der Waals surface area (Å²) in [4.78, 5) is 23.4. The number of hydrogen-bond donors (Lipinski definition) is 0. The first kappa shape index (κ1) is 18.3. The van der Waals surface area contributed by atoms with Crippen LogP contribution in [0, 0.1) is 34.5 Å². The van der Waals surface area contributed by atoms with Gasteiger partial charge in [0.1, 0.15) is 6.10 Å². The second-order valence-corrected chi connectivity index (χ2v) is 10.0. The molecule has 3 fully saturated rings. The molecule has 0 aromatic rings. The fraction of sp³-hybridized carbons (Fsp3) is 0.826. The van der Waals surface area contributed by atoms with Crippen LogP contribution in [-0.4, -0.2) is 17.9 Å². The van der Waals surface area contributed by atoms with E-state index in [2.05, 4.69) is 20.8 Å². The SMILES string of the molecule is CC(=O)O[C@H](C)[C@H]1CC[C@H]2[C@@H]3CCC4=CC(=O)CC[C@]4(C)[C@H]3CC[C@]12C. The summed E-state index contributed by atoms with van der Waals surface area (Å²) >= 11 is 0. The molecule has 0 bridgehead atoms. The topological polar surface area (TPSA) is 43.4 Å². The Hall–Kier alpha value is -1.12. The Kier molecular flexibility index (Phi) is 4.36. The molecule has 26 heavy (non-hydrogen) atoms. The minimum Gasteiger partial charge on any atom is -0.463 e. The van der Waals surface area contributed by atoms with E-state index in [-0.39, 0.29) is 17.5 Å². The predicted octanol–water partition coefficient (Wildman–Crippen LogP) is 5.09. The summed E-state index contributed by atoms with van der Waals surface area (Å²) in [6.07, 6.45) is 11.1. The fourth-order valence-electron chi connectivity index (χ4n) is 7.71. The summed E-state index contributed by atoms with van der Waals surface area (Å²) in [5, 5.41) is 0. The Morgan fingerprint density at radius 3 is 2.62 bits per heavy atom. The van der Waals surface area contributed by atoms with Gasteiger partial charge in [-0.25, -0.2) is 0 Å². The lowest BCUT2D eigenvalue weighted by Gasteiger charge is -2.58. The van der Waals surface area contributed by atoms with Crippen molar-refractivity contribution in [1.82, 2.24) is 0 Å². The van der Waals surface area contributed by atoms with Crippen LogP contribution in [-0.2, 0) is 14.3 Å². The molecule has 3 nitrogen and oxygen atoms in total. The van der Waals surface area contributed by atoms with E-state index in [9.17, 15) is 9.59 Å². The van der Waals surface area contributed by atoms with Gasteiger partial charge in [-0.2, -0.15) is 0 Å². The highest BCUT2D eigenvalue weighted by Crippen LogP contribution is 2.67. The molecule has 0 heterocycles. The van der Waals surface area contributed by atoms with Gasteiger partial charge in [-0.05, 0) is 86.5 Å². The van der Waals surface area contributed by atoms with Crippen molar-refractivity contribution in [3.63, 3.8) is 0 Å². The highest BCUT2D eigenvalue weighted by atomic mass is 16.5. The van der Waals surface area contributed by atoms with Crippen molar-refractivity contribution in [2.75, 3.05) is 0 Å². The van der Waals surface area contributed by atoms with E-state index in [1.165, 1.54) is 44.6 Å². The third-order valence-electron chi connectivity index (χ3n) is 8.95. The summed E-state index contributed by atoms with van der Waals surface area (Å²) in [7, 11) is 0. The zero-order valence-corrected chi connectivity index (χ0v) is 16.8. The van der Waals surface area contributed by atoms with Gasteiger partial charge in [0, 0.05) is 19.3 Å². The van der Waals surface area contributed by atoms with Crippen molar-refractivity contribution in [2.45, 2.75) is 85.2 Å². The molecule has 144 valence electrons. The summed E-state index contributed by atoms with van der Waals surface area (Å²) in [6.45, 7) is 8.55. The maximum atomic E-state index is 11.9. The number of ether oxygens (including phenoxy) is 1. The molecule has 4 rings (SSSR count). The van der Waals surface area contributed by atoms with Crippen molar-refractivity contribution >= 4 is 11.8 Å². The van der Waals surface area contributed by atoms with Crippen LogP contribution in [0.2, 0.25) is 0 Å². The van der Waals surface area contributed by atoms with Crippen LogP contribution >= 0.6 is 0 Å². The number of allylic oxidation sites excluding steroid dienone is 1. The number of fused-ring (bicyclic) bond motifs is 5. The van der Waals surface area contributed by atoms with Gasteiger partial charge in [-0.15, -0.1) is 0 Å². The predicted molar refractivity (Wildman–Crippen MR) is 101 cm³/mol. The molecule has 3 saturated carbocycles. The smallest absolute Gasteiger partial charge is 0.302 e. The Balaban J connectivity index is 1.59. The molecular weight excluding hydrogens is 324 g/mol. The third kappa shape index (κ3) is 2.60. The minimum atomic E-state index is -0.148. The number of esters is 1. The fourth-order valence-corrected chi connectivity index (χ4v) is 7.71. The highest BCUT2D eigenvalue weighted by molar-refractivity contribution is 5.91. The van der Waals surface area contributed by atoms with Gasteiger partial charge in [0.15, 0.2) is 5.78 Å². The Labute approximate surface area is 157 Å². The second kappa shape index (κ2) is 6.21. The van der Waals surface area contributed by atoms with Crippen LogP contribution in [0.1, 0.15) is 79.1 Å². The molecule has 0 aromatic heterocycles. The molecular formula is C23H34O3. The molecule has 0 radical (unpaired) electrons. The molecule has 0 spiro atoms. The Bertz CT molecular complexity index is 650. The van der Waals surface area contributed by atoms with Crippen LogP contribution in [0.15, 0.2) is 11.6 Å². The lowest BCUT2D eigenvalue weighted by molar-refractivity contribution is -0.152. The standard InChI is InChI=1S/C23H34O3/c1-14(26-15(2)24)19-7-8-20-18-6-5-16-13-17(25)9-11-22(16,3)21(18)10-12-23(19,20)4/h13-14,18-21H,5-12H2,1-4H3/t14-,18+,19-,20+,21+,22+,23-/m1/s1. The van der Waals surface area contributed by atoms with E-state index in [1.54, 1.807) is 0 Å². The molecule has 4 aliphatic rings. The van der Waals surface area contributed by atoms with E-state index in [1.807, 2.05) is 6.08 Å². The zero-order chi connectivity index (χ0) is 18.7. The Morgan fingerprint density at radius 1 is 1.12 bits per heavy atom. The molecule has 7 atom stereocenters. The van der Waals surface area contributed by atoms with Crippen molar-refractivity contribution in [3.05, 3.63) is 11.6 Å². The average molecular weight is 359 g/mol. The normalized spacial score (nSPS) is 45.8. The minimum absolute atomic E-state index is 0.0287. The van der Waals surface area contributed by atoms with Gasteiger partial charge in [-0.3, -0.25) is 9.59 Å². The van der Waals surface area contributed by atoms with Crippen LogP contribution in [0.4, 0.5) is 0 Å². The van der Waals surface area contributed by atoms with E-state index in [0.29, 0.717) is 17.1 Å². The largest absolute Gasteiger partial charge is 0.463 e. The van der Waals surface area contributed by atoms with Gasteiger partial charge in [0.05, 0.1) is 0 Å². The van der Waals surface area contributed by atoms with Crippen LogP contribution < -0.4 is 0 Å². The van der Waals surface area contributed by atoms with Crippen molar-refractivity contribution in [1.29, 1.82) is 0 Å². The van der Waals surface area contributed by atoms with Crippen molar-refractivity contribution < 1.29 is 14.3 Å². The monoisotopic (exact) mass is 358 g/mol. The average Bonchev–Trinajstić information content (AvgIpc) is 2.92. The molecule has 3 heteroatoms. The Morgan fingerprint density at radius 2 is 1.88 bits per heavy atom. The van der Waals surface area contributed by atoms with E-state index in [4.69, 9.17) is 4.74 Å². The number of carbonyl (C=O) groups is 2. The molecule has 0 N–H and O–H groups in total. The van der Waals surface area contributed by atoms with Gasteiger partial charge >= 0.3 is 5.97 Å². The van der Waals surface area contributed by atoms with Crippen LogP contribution in [0.3, 0.4) is 0 Å². The first-order valence-corrected chi connectivity index (χ1v) is 10.7. The van der Waals surface area contributed by atoms with E-state index in [0.717, 1.165) is 37.0 Å². The van der Waals surface area contributed by atoms with Crippen LogP contribution in [0.5, 0.6) is 0 Å².